The first-order valence-electron chi connectivity index (χ1n) is 48.4. The van der Waals surface area contributed by atoms with Crippen LogP contribution in [0, 0.1) is 61.7 Å². The molecule has 3 aliphatic carbocycles. The molecule has 2 aromatic carbocycles. The van der Waals surface area contributed by atoms with Gasteiger partial charge in [-0.1, -0.05) is 116 Å². The number of nitrogens with one attached hydrogen (secondary N) is 1. The predicted molar refractivity (Wildman–Crippen MR) is 544 cm³/mol. The van der Waals surface area contributed by atoms with Crippen LogP contribution >= 0.6 is 46.4 Å². The van der Waals surface area contributed by atoms with Crippen molar-refractivity contribution in [1.29, 1.82) is 0 Å². The number of aromatic nitrogens is 15. The van der Waals surface area contributed by atoms with Crippen LogP contribution in [0.25, 0.3) is 22.4 Å². The normalized spacial score (nSPS) is 21.1. The van der Waals surface area contributed by atoms with Crippen molar-refractivity contribution in [2.45, 2.75) is 215 Å². The standard InChI is InChI=1S/C22H26ClN5.C21H25ClN6.C20H24ClN5.C20H26N8.C19H23ClN6/c1-14-4-2-5-15(19(14)23)20-21-16(12-25-20)27-18(13-26-21)28-10-8-22(9-11-28)7-3-6-17(22)24;1-13-18(22)14(4-8-24-13)19-20-15(11-25-19)27-17(12-26-20)28-9-6-21(7-10-28)5-2-3-16(21)23;1-13-4-3-5-14(17(13)21)18-19-15(10-23-18)25-16(11-24-19)26-8-6-20(2,12-22)7-9-26;1-12-10-23-15(22)9-13(12)17-18-19(27-26-17)25-16(11-24-18)28-7-5-20(6-8-28)4-2-3-14(20)21;1-12-7-13(14(20)8-22-12)17-18-15(9-23-17)25-16(10-24-18)26-5-3-19(2,11-21)4-6-26/h2,4-5,13,17H,3,6-12,24H2,1H3;4,8,12,16H,2-3,5-7,9-11,23H2,1H3;3-5,11H,6-10,12,22H2,1-2H3;9-11,14H,2-8,21H2,1H3,(H2,22,23)(H,25,26,27);7-8,10H,3-6,9,11,21H2,1-2H3/t17-;16-;;14-;/m11.1./s1. The maximum absolute atomic E-state index is 6.52. The number of anilines is 6. The summed E-state index contributed by atoms with van der Waals surface area (Å²) >= 11 is 25.8. The molecule has 30 nitrogen and oxygen atoms in total. The zero-order valence-corrected chi connectivity index (χ0v) is 82.1. The van der Waals surface area contributed by atoms with Gasteiger partial charge in [-0.15, -0.1) is 0 Å². The van der Waals surface area contributed by atoms with Crippen molar-refractivity contribution in [2.24, 2.45) is 75.7 Å². The van der Waals surface area contributed by atoms with Crippen molar-refractivity contribution >= 4 is 115 Å². The van der Waals surface area contributed by atoms with Crippen LogP contribution in [0.3, 0.4) is 0 Å². The molecule has 13 N–H and O–H groups in total. The van der Waals surface area contributed by atoms with E-state index in [1.807, 2.05) is 120 Å². The number of halogens is 4. The molecule has 3 spiro atoms. The number of aryl methyl sites for hydroxylation is 5. The van der Waals surface area contributed by atoms with Crippen molar-refractivity contribution in [3.8, 4) is 11.3 Å². The van der Waals surface area contributed by atoms with Crippen LogP contribution in [0.5, 0.6) is 0 Å². The summed E-state index contributed by atoms with van der Waals surface area (Å²) in [5, 5.41) is 10.2. The van der Waals surface area contributed by atoms with Gasteiger partial charge >= 0.3 is 0 Å². The van der Waals surface area contributed by atoms with E-state index < -0.39 is 0 Å². The van der Waals surface area contributed by atoms with Crippen LogP contribution in [-0.2, 0) is 26.2 Å². The summed E-state index contributed by atoms with van der Waals surface area (Å²) in [4.78, 5) is 90.7. The summed E-state index contributed by atoms with van der Waals surface area (Å²) in [7, 11) is 0. The van der Waals surface area contributed by atoms with E-state index in [1.165, 1.54) is 57.8 Å². The number of fused-ring (bicyclic) bond motifs is 5. The first kappa shape index (κ1) is 94.2. The van der Waals surface area contributed by atoms with E-state index in [0.29, 0.717) is 82.1 Å². The Labute approximate surface area is 815 Å². The molecule has 11 aromatic rings. The molecule has 5 saturated heterocycles. The second-order valence-corrected chi connectivity index (χ2v) is 41.7. The van der Waals surface area contributed by atoms with Crippen LogP contribution in [-0.4, -0.2) is 194 Å². The van der Waals surface area contributed by atoms with Gasteiger partial charge in [0.1, 0.15) is 63.2 Å². The Kier molecular flexibility index (Phi) is 27.2. The van der Waals surface area contributed by atoms with E-state index in [9.17, 15) is 0 Å². The summed E-state index contributed by atoms with van der Waals surface area (Å²) in [6.07, 6.45) is 36.9. The van der Waals surface area contributed by atoms with Crippen LogP contribution in [0.4, 0.5) is 34.9 Å². The second kappa shape index (κ2) is 39.2. The Bertz CT molecular complexity index is 6180. The fourth-order valence-electron chi connectivity index (χ4n) is 22.2. The van der Waals surface area contributed by atoms with Crippen molar-refractivity contribution in [3.05, 3.63) is 220 Å². The molecule has 8 fully saturated rings. The maximum atomic E-state index is 6.52. The third-order valence-corrected chi connectivity index (χ3v) is 33.4. The fraction of sp³-hybridized carbons (Fsp3) is 0.490. The fourth-order valence-corrected chi connectivity index (χ4v) is 23.0. The molecular formula is C102H124Cl4N30. The van der Waals surface area contributed by atoms with E-state index in [0.717, 1.165) is 317 Å². The van der Waals surface area contributed by atoms with Crippen LogP contribution in [0.1, 0.15) is 232 Å². The van der Waals surface area contributed by atoms with Crippen LogP contribution in [0.15, 0.2) is 124 Å². The number of nitrogens with zero attached hydrogens (tertiary/aromatic N) is 23. The summed E-state index contributed by atoms with van der Waals surface area (Å²) in [5.41, 5.74) is 60.5. The zero-order valence-electron chi connectivity index (χ0n) is 79.1. The number of aliphatic imine (C=N–C) groups is 4. The molecule has 23 rings (SSSR count). The number of nitrogens with two attached hydrogens (primary N) is 6. The summed E-state index contributed by atoms with van der Waals surface area (Å²) in [6.45, 7) is 27.9. The van der Waals surface area contributed by atoms with Gasteiger partial charge in [0, 0.05) is 136 Å². The topological polar surface area (TPSA) is 418 Å². The molecule has 0 unspecified atom stereocenters. The average molecular weight is 1910 g/mol. The van der Waals surface area contributed by atoms with Crippen molar-refractivity contribution in [3.63, 3.8) is 0 Å². The van der Waals surface area contributed by atoms with Crippen LogP contribution < -0.4 is 58.9 Å². The Balaban J connectivity index is 0.000000109. The molecule has 3 saturated carbocycles. The smallest absolute Gasteiger partial charge is 0.202 e. The average Bonchev–Trinajstić information content (AvgIpc) is 1.74. The summed E-state index contributed by atoms with van der Waals surface area (Å²) < 4.78 is 0. The molecule has 136 heavy (non-hydrogen) atoms. The highest BCUT2D eigenvalue weighted by Gasteiger charge is 2.47. The van der Waals surface area contributed by atoms with E-state index in [4.69, 9.17) is 126 Å². The maximum Gasteiger partial charge on any atom is 0.202 e. The molecule has 18 heterocycles. The molecule has 9 aromatic heterocycles. The monoisotopic (exact) mass is 1910 g/mol. The molecule has 12 aliphatic rings. The molecule has 34 heteroatoms. The highest BCUT2D eigenvalue weighted by Crippen LogP contribution is 2.50. The molecule has 0 amide bonds. The highest BCUT2D eigenvalue weighted by atomic mass is 35.5. The number of H-pyrrole nitrogens is 1. The van der Waals surface area contributed by atoms with Crippen molar-refractivity contribution < 1.29 is 0 Å². The van der Waals surface area contributed by atoms with E-state index in [2.05, 4.69) is 88.4 Å². The minimum Gasteiger partial charge on any atom is -0.384 e. The quantitative estimate of drug-likeness (QED) is 0.0597. The molecule has 0 bridgehead atoms. The lowest BCUT2D eigenvalue weighted by Gasteiger charge is -2.42. The van der Waals surface area contributed by atoms with Crippen molar-refractivity contribution in [2.75, 3.05) is 109 Å². The van der Waals surface area contributed by atoms with Gasteiger partial charge < -0.3 is 58.9 Å². The third kappa shape index (κ3) is 18.9. The number of hydrogen-bond donors (Lipinski definition) is 7. The Hall–Kier alpha value is -10.8. The molecular weight excluding hydrogens is 1790 g/mol. The lowest BCUT2D eigenvalue weighted by molar-refractivity contribution is 0.197. The number of rotatable bonds is 12. The largest absolute Gasteiger partial charge is 0.384 e. The first-order chi connectivity index (χ1) is 65.7. The van der Waals surface area contributed by atoms with Gasteiger partial charge in [0.05, 0.1) is 134 Å². The lowest BCUT2D eigenvalue weighted by Crippen LogP contribution is -2.47. The van der Waals surface area contributed by atoms with Gasteiger partial charge in [0.15, 0.2) is 0 Å². The lowest BCUT2D eigenvalue weighted by atomic mass is 9.74. The highest BCUT2D eigenvalue weighted by molar-refractivity contribution is 6.38. The first-order valence-corrected chi connectivity index (χ1v) is 49.9. The number of benzene rings is 2. The Morgan fingerprint density at radius 1 is 0.382 bits per heavy atom. The molecule has 710 valence electrons. The van der Waals surface area contributed by atoms with Gasteiger partial charge in [-0.05, 0) is 212 Å². The van der Waals surface area contributed by atoms with Gasteiger partial charge in [0.2, 0.25) is 5.65 Å². The predicted octanol–water partition coefficient (Wildman–Crippen LogP) is 15.7. The zero-order chi connectivity index (χ0) is 94.5. The van der Waals surface area contributed by atoms with Gasteiger partial charge in [-0.25, -0.2) is 54.8 Å². The van der Waals surface area contributed by atoms with E-state index >= 15 is 0 Å². The van der Waals surface area contributed by atoms with Gasteiger partial charge in [-0.3, -0.25) is 35.0 Å². The summed E-state index contributed by atoms with van der Waals surface area (Å²) in [5.74, 6) is 5.14. The second-order valence-electron chi connectivity index (χ2n) is 40.2. The summed E-state index contributed by atoms with van der Waals surface area (Å²) in [6, 6.07) is 18.8. The minimum atomic E-state index is 0.243. The van der Waals surface area contributed by atoms with E-state index in [1.54, 1.807) is 18.6 Å². The Morgan fingerprint density at radius 3 is 1.13 bits per heavy atom. The third-order valence-electron chi connectivity index (χ3n) is 31.6. The number of aromatic amines is 1. The van der Waals surface area contributed by atoms with Crippen molar-refractivity contribution in [1.82, 2.24) is 75.0 Å². The van der Waals surface area contributed by atoms with Gasteiger partial charge in [0.25, 0.3) is 0 Å². The van der Waals surface area contributed by atoms with E-state index in [-0.39, 0.29) is 10.8 Å². The molecule has 0 radical (unpaired) electrons. The molecule has 3 atom stereocenters. The molecule has 9 aliphatic heterocycles. The SMILES string of the molecule is Cc1cc(C2=NCc3nc(N4CCC(C)(CN)CC4)cnc32)c(Cl)cn1.Cc1cccc(C2=NCc3nc(N4CCC(C)(CN)CC4)cnc32)c1Cl.Cc1cccc(C2=NCc3nc(N4CCC5(CCC[C@H]5N)CC4)cnc32)c1Cl.Cc1cnc(N)cc1-c1[nH]nc2nc(N3CCC4(CCC[C@H]4N)CC3)cnc12.Cc1nccc(C2=NCc3nc(N4CCC5(CCC[C@H]5N)CC4)cnc32)c1Cl. The number of hydrogen-bond acceptors (Lipinski definition) is 29. The Morgan fingerprint density at radius 2 is 0.750 bits per heavy atom. The minimum absolute atomic E-state index is 0.243. The number of pyridine rings is 3. The number of piperidine rings is 5. The van der Waals surface area contributed by atoms with Crippen LogP contribution in [0.2, 0.25) is 20.1 Å². The van der Waals surface area contributed by atoms with Gasteiger partial charge in [-0.2, -0.15) is 5.10 Å². The number of nitrogen functional groups attached to an aromatic ring is 1.